The van der Waals surface area contributed by atoms with Crippen LogP contribution in [0.3, 0.4) is 0 Å². The molecule has 0 aliphatic carbocycles. The van der Waals surface area contributed by atoms with E-state index in [9.17, 15) is 18.0 Å². The lowest BCUT2D eigenvalue weighted by molar-refractivity contribution is -0.140. The van der Waals surface area contributed by atoms with Gasteiger partial charge in [0.05, 0.1) is 10.6 Å². The Morgan fingerprint density at radius 2 is 1.27 bits per heavy atom. The molecule has 2 amide bonds. The smallest absolute Gasteiger partial charge is 0.264 e. The molecule has 4 aromatic rings. The molecule has 8 heteroatoms. The molecule has 0 fully saturated rings. The highest BCUT2D eigenvalue weighted by molar-refractivity contribution is 7.92. The Bertz CT molecular complexity index is 1620. The van der Waals surface area contributed by atoms with E-state index < -0.39 is 28.5 Å². The van der Waals surface area contributed by atoms with Gasteiger partial charge in [-0.25, -0.2) is 8.42 Å². The van der Waals surface area contributed by atoms with E-state index in [1.165, 1.54) is 4.90 Å². The van der Waals surface area contributed by atoms with E-state index in [2.05, 4.69) is 5.32 Å². The zero-order valence-electron chi connectivity index (χ0n) is 25.8. The zero-order chi connectivity index (χ0) is 31.7. The first kappa shape index (κ1) is 32.5. The van der Waals surface area contributed by atoms with Crippen molar-refractivity contribution in [3.63, 3.8) is 0 Å². The Kier molecular flexibility index (Phi) is 11.0. The number of aryl methyl sites for hydroxylation is 2. The summed E-state index contributed by atoms with van der Waals surface area (Å²) < 4.78 is 29.2. The summed E-state index contributed by atoms with van der Waals surface area (Å²) in [4.78, 5) is 29.9. The molecule has 0 unspecified atom stereocenters. The lowest BCUT2D eigenvalue weighted by Gasteiger charge is -2.34. The predicted octanol–water partition coefficient (Wildman–Crippen LogP) is 5.91. The lowest BCUT2D eigenvalue weighted by atomic mass is 10.0. The van der Waals surface area contributed by atoms with Crippen LogP contribution in [0.1, 0.15) is 36.1 Å². The van der Waals surface area contributed by atoms with Crippen LogP contribution in [0, 0.1) is 19.8 Å². The van der Waals surface area contributed by atoms with Gasteiger partial charge in [-0.05, 0) is 55.2 Å². The summed E-state index contributed by atoms with van der Waals surface area (Å²) in [5.74, 6) is -0.549. The first-order chi connectivity index (χ1) is 21.0. The van der Waals surface area contributed by atoms with Crippen LogP contribution in [-0.2, 0) is 32.6 Å². The maximum atomic E-state index is 14.4. The van der Waals surface area contributed by atoms with Crippen LogP contribution in [0.4, 0.5) is 5.69 Å². The molecule has 0 heterocycles. The fraction of sp³-hybridized carbons (Fsp3) is 0.278. The number of anilines is 1. The molecule has 0 spiro atoms. The summed E-state index contributed by atoms with van der Waals surface area (Å²) in [6.45, 7) is 8.00. The highest BCUT2D eigenvalue weighted by Gasteiger charge is 2.34. The molecular weight excluding hydrogens is 570 g/mol. The highest BCUT2D eigenvalue weighted by atomic mass is 32.2. The molecule has 0 aromatic heterocycles. The largest absolute Gasteiger partial charge is 0.354 e. The monoisotopic (exact) mass is 611 g/mol. The van der Waals surface area contributed by atoms with E-state index in [0.717, 1.165) is 26.6 Å². The topological polar surface area (TPSA) is 86.8 Å². The molecule has 0 aliphatic rings. The fourth-order valence-corrected chi connectivity index (χ4v) is 6.24. The molecule has 0 saturated carbocycles. The molecule has 0 aliphatic heterocycles. The summed E-state index contributed by atoms with van der Waals surface area (Å²) >= 11 is 0. The van der Waals surface area contributed by atoms with Gasteiger partial charge < -0.3 is 10.2 Å². The van der Waals surface area contributed by atoms with Gasteiger partial charge in [-0.15, -0.1) is 0 Å². The van der Waals surface area contributed by atoms with Gasteiger partial charge in [-0.3, -0.25) is 13.9 Å². The predicted molar refractivity (Wildman–Crippen MR) is 176 cm³/mol. The Hall–Kier alpha value is -4.43. The summed E-state index contributed by atoms with van der Waals surface area (Å²) in [5.41, 5.74) is 4.09. The molecule has 230 valence electrons. The Morgan fingerprint density at radius 3 is 1.84 bits per heavy atom. The van der Waals surface area contributed by atoms with Crippen molar-refractivity contribution in [2.24, 2.45) is 5.92 Å². The number of sulfonamides is 1. The van der Waals surface area contributed by atoms with Crippen molar-refractivity contribution in [3.05, 3.63) is 131 Å². The second-order valence-corrected chi connectivity index (χ2v) is 13.4. The van der Waals surface area contributed by atoms with Crippen LogP contribution in [0.25, 0.3) is 0 Å². The summed E-state index contributed by atoms with van der Waals surface area (Å²) in [6, 6.07) is 31.6. The zero-order valence-corrected chi connectivity index (χ0v) is 26.6. The molecule has 1 N–H and O–H groups in total. The van der Waals surface area contributed by atoms with Crippen molar-refractivity contribution < 1.29 is 18.0 Å². The molecular formula is C36H41N3O4S. The molecule has 7 nitrogen and oxygen atoms in total. The summed E-state index contributed by atoms with van der Waals surface area (Å²) in [5, 5.41) is 3.01. The Balaban J connectivity index is 1.77. The van der Waals surface area contributed by atoms with Gasteiger partial charge >= 0.3 is 0 Å². The van der Waals surface area contributed by atoms with Crippen molar-refractivity contribution in [1.29, 1.82) is 0 Å². The molecule has 0 radical (unpaired) electrons. The number of hydrogen-bond donors (Lipinski definition) is 1. The third-order valence-corrected chi connectivity index (χ3v) is 9.15. The third-order valence-electron chi connectivity index (χ3n) is 7.36. The number of para-hydroxylation sites is 1. The van der Waals surface area contributed by atoms with Crippen LogP contribution >= 0.6 is 0 Å². The number of nitrogens with one attached hydrogen (secondary N) is 1. The van der Waals surface area contributed by atoms with Crippen molar-refractivity contribution in [2.45, 2.75) is 51.6 Å². The number of nitrogens with zero attached hydrogens (tertiary/aromatic N) is 2. The lowest BCUT2D eigenvalue weighted by Crippen LogP contribution is -2.53. The number of hydrogen-bond acceptors (Lipinski definition) is 4. The minimum Gasteiger partial charge on any atom is -0.354 e. The summed E-state index contributed by atoms with van der Waals surface area (Å²) in [6.07, 6.45) is 0.276. The van der Waals surface area contributed by atoms with Crippen LogP contribution < -0.4 is 9.62 Å². The molecule has 1 atom stereocenters. The van der Waals surface area contributed by atoms with Crippen molar-refractivity contribution in [1.82, 2.24) is 10.2 Å². The average molecular weight is 612 g/mol. The molecule has 4 rings (SSSR count). The third kappa shape index (κ3) is 8.57. The minimum atomic E-state index is -4.12. The standard InChI is InChI=1S/C36H41N3O4S/c1-27(2)24-37-36(41)34(23-30-11-7-5-8-12-30)38(25-31-19-15-28(3)16-20-31)35(40)26-39(32-13-9-6-10-14-32)44(42,43)33-21-17-29(4)18-22-33/h5-22,27,34H,23-26H2,1-4H3,(H,37,41)/t34-/m1/s1. The maximum absolute atomic E-state index is 14.4. The van der Waals surface area contributed by atoms with E-state index in [1.807, 2.05) is 82.3 Å². The molecule has 0 bridgehead atoms. The van der Waals surface area contributed by atoms with Gasteiger partial charge in [0.25, 0.3) is 10.0 Å². The minimum absolute atomic E-state index is 0.0837. The van der Waals surface area contributed by atoms with Gasteiger partial charge in [-0.2, -0.15) is 0 Å². The summed E-state index contributed by atoms with van der Waals surface area (Å²) in [7, 11) is -4.12. The Labute approximate surface area is 261 Å². The first-order valence-corrected chi connectivity index (χ1v) is 16.3. The van der Waals surface area contributed by atoms with Gasteiger partial charge in [0.1, 0.15) is 12.6 Å². The normalized spacial score (nSPS) is 12.0. The number of carbonyl (C=O) groups excluding carboxylic acids is 2. The number of benzene rings is 4. The van der Waals surface area contributed by atoms with E-state index in [4.69, 9.17) is 0 Å². The first-order valence-electron chi connectivity index (χ1n) is 14.9. The maximum Gasteiger partial charge on any atom is 0.264 e. The van der Waals surface area contributed by atoms with Crippen molar-refractivity contribution in [2.75, 3.05) is 17.4 Å². The van der Waals surface area contributed by atoms with Crippen LogP contribution in [-0.4, -0.2) is 44.3 Å². The van der Waals surface area contributed by atoms with E-state index in [-0.39, 0.29) is 29.7 Å². The van der Waals surface area contributed by atoms with Gasteiger partial charge in [0, 0.05) is 19.5 Å². The molecule has 4 aromatic carbocycles. The highest BCUT2D eigenvalue weighted by Crippen LogP contribution is 2.25. The van der Waals surface area contributed by atoms with E-state index >= 15 is 0 Å². The van der Waals surface area contributed by atoms with E-state index in [1.54, 1.807) is 54.6 Å². The number of amides is 2. The van der Waals surface area contributed by atoms with Crippen LogP contribution in [0.15, 0.2) is 114 Å². The van der Waals surface area contributed by atoms with Gasteiger partial charge in [0.15, 0.2) is 0 Å². The average Bonchev–Trinajstić information content (AvgIpc) is 3.02. The van der Waals surface area contributed by atoms with Crippen LogP contribution in [0.2, 0.25) is 0 Å². The molecule has 44 heavy (non-hydrogen) atoms. The molecule has 0 saturated heterocycles. The van der Waals surface area contributed by atoms with Gasteiger partial charge in [-0.1, -0.05) is 110 Å². The number of rotatable bonds is 13. The van der Waals surface area contributed by atoms with E-state index in [0.29, 0.717) is 12.2 Å². The van der Waals surface area contributed by atoms with Crippen molar-refractivity contribution >= 4 is 27.5 Å². The second-order valence-electron chi connectivity index (χ2n) is 11.5. The van der Waals surface area contributed by atoms with Crippen molar-refractivity contribution in [3.8, 4) is 0 Å². The number of carbonyl (C=O) groups is 2. The second kappa shape index (κ2) is 14.8. The quantitative estimate of drug-likeness (QED) is 0.204. The Morgan fingerprint density at radius 1 is 0.727 bits per heavy atom. The fourth-order valence-electron chi connectivity index (χ4n) is 4.83. The van der Waals surface area contributed by atoms with Crippen LogP contribution in [0.5, 0.6) is 0 Å². The SMILES string of the molecule is Cc1ccc(CN(C(=O)CN(c2ccccc2)S(=O)(=O)c2ccc(C)cc2)[C@H](Cc2ccccc2)C(=O)NCC(C)C)cc1. The van der Waals surface area contributed by atoms with Gasteiger partial charge in [0.2, 0.25) is 11.8 Å².